The molecule has 5 nitrogen and oxygen atoms in total. The molecular formula is C29H24F4N2O3. The number of hydrogen-bond donors (Lipinski definition) is 2. The van der Waals surface area contributed by atoms with E-state index in [0.717, 1.165) is 5.56 Å². The van der Waals surface area contributed by atoms with Crippen LogP contribution in [-0.4, -0.2) is 28.2 Å². The van der Waals surface area contributed by atoms with Gasteiger partial charge in [-0.05, 0) is 77.8 Å². The zero-order chi connectivity index (χ0) is 27.2. The first kappa shape index (κ1) is 25.5. The van der Waals surface area contributed by atoms with E-state index in [2.05, 4.69) is 9.97 Å². The number of allylic oxidation sites excluding steroid dienone is 1. The molecule has 0 amide bonds. The van der Waals surface area contributed by atoms with Gasteiger partial charge in [0.1, 0.15) is 17.0 Å². The summed E-state index contributed by atoms with van der Waals surface area (Å²) in [6.07, 6.45) is -2.46. The van der Waals surface area contributed by atoms with Gasteiger partial charge >= 0.3 is 12.1 Å². The fourth-order valence-corrected chi connectivity index (χ4v) is 5.45. The number of para-hydroxylation sites is 1. The lowest BCUT2D eigenvalue weighted by Crippen LogP contribution is -2.34. The number of rotatable bonds is 6. The number of imidazole rings is 1. The number of H-pyrrole nitrogens is 1. The highest BCUT2D eigenvalue weighted by Crippen LogP contribution is 2.49. The minimum atomic E-state index is -4.63. The predicted octanol–water partition coefficient (Wildman–Crippen LogP) is 6.71. The third-order valence-corrected chi connectivity index (χ3v) is 7.28. The number of alkyl halides is 3. The van der Waals surface area contributed by atoms with Crippen molar-refractivity contribution in [1.82, 2.24) is 9.97 Å². The van der Waals surface area contributed by atoms with E-state index in [1.54, 1.807) is 38.3 Å². The summed E-state index contributed by atoms with van der Waals surface area (Å²) in [6, 6.07) is 16.4. The number of aliphatic carboxylic acids is 1. The highest BCUT2D eigenvalue weighted by Gasteiger charge is 2.48. The van der Waals surface area contributed by atoms with Crippen LogP contribution in [-0.2, 0) is 22.8 Å². The average Bonchev–Trinajstić information content (AvgIpc) is 3.48. The predicted molar refractivity (Wildman–Crippen MR) is 134 cm³/mol. The molecule has 1 aliphatic rings. The summed E-state index contributed by atoms with van der Waals surface area (Å²) in [6.45, 7) is 1.55. The molecule has 1 heterocycles. The van der Waals surface area contributed by atoms with Crippen molar-refractivity contribution in [2.24, 2.45) is 5.92 Å². The number of nitrogens with zero attached hydrogens (tertiary/aromatic N) is 1. The van der Waals surface area contributed by atoms with Crippen LogP contribution in [0.5, 0.6) is 5.75 Å². The topological polar surface area (TPSA) is 75.2 Å². The van der Waals surface area contributed by atoms with Crippen molar-refractivity contribution in [1.29, 1.82) is 0 Å². The first-order valence-electron chi connectivity index (χ1n) is 11.9. The molecule has 0 fully saturated rings. The van der Waals surface area contributed by atoms with Gasteiger partial charge in [0.2, 0.25) is 5.82 Å². The standard InChI is InChI=1S/C29H24F4N2O3/c1-16-21(7-5-8-22(16)30)28(27(36)37)14-19(12-18-6-3-4-9-25(18)38-2)20(15-28)17-10-11-23-24(13-17)35-26(34-23)29(31,32)33/h3-11,13,15,19H,12,14H2,1-2H3,(H,34,35)(H,36,37). The van der Waals surface area contributed by atoms with Crippen molar-refractivity contribution in [3.05, 3.63) is 101 Å². The van der Waals surface area contributed by atoms with Gasteiger partial charge in [-0.15, -0.1) is 0 Å². The number of nitrogens with one attached hydrogen (secondary N) is 1. The van der Waals surface area contributed by atoms with E-state index in [1.165, 1.54) is 18.2 Å². The Bertz CT molecular complexity index is 1570. The molecule has 5 rings (SSSR count). The molecule has 0 spiro atoms. The molecular weight excluding hydrogens is 500 g/mol. The maximum absolute atomic E-state index is 14.6. The van der Waals surface area contributed by atoms with Gasteiger partial charge in [0.25, 0.3) is 0 Å². The largest absolute Gasteiger partial charge is 0.496 e. The van der Waals surface area contributed by atoms with Gasteiger partial charge in [-0.1, -0.05) is 42.5 Å². The van der Waals surface area contributed by atoms with Gasteiger partial charge in [0.15, 0.2) is 0 Å². The van der Waals surface area contributed by atoms with Crippen LogP contribution in [0.1, 0.15) is 34.5 Å². The van der Waals surface area contributed by atoms with Crippen molar-refractivity contribution in [3.63, 3.8) is 0 Å². The highest BCUT2D eigenvalue weighted by atomic mass is 19.4. The zero-order valence-electron chi connectivity index (χ0n) is 20.6. The lowest BCUT2D eigenvalue weighted by molar-refractivity contribution is -0.144. The number of halogens is 4. The van der Waals surface area contributed by atoms with E-state index in [-0.39, 0.29) is 28.9 Å². The van der Waals surface area contributed by atoms with Crippen LogP contribution in [0.4, 0.5) is 17.6 Å². The van der Waals surface area contributed by atoms with Gasteiger partial charge in [-0.25, -0.2) is 9.37 Å². The van der Waals surface area contributed by atoms with Crippen LogP contribution in [0.15, 0.2) is 66.7 Å². The molecule has 0 bridgehead atoms. The van der Waals surface area contributed by atoms with Crippen molar-refractivity contribution in [3.8, 4) is 5.75 Å². The number of methoxy groups -OCH3 is 1. The Morgan fingerprint density at radius 1 is 1.16 bits per heavy atom. The summed E-state index contributed by atoms with van der Waals surface area (Å²) >= 11 is 0. The summed E-state index contributed by atoms with van der Waals surface area (Å²) in [5.41, 5.74) is 1.43. The number of hydrogen-bond acceptors (Lipinski definition) is 3. The molecule has 0 saturated heterocycles. The SMILES string of the molecule is COc1ccccc1CC1CC(C(=O)O)(c2cccc(F)c2C)C=C1c1ccc2nc(C(F)(F)F)[nH]c2c1. The fraction of sp³-hybridized carbons (Fsp3) is 0.241. The number of fused-ring (bicyclic) bond motifs is 1. The molecule has 1 aliphatic carbocycles. The number of benzene rings is 3. The van der Waals surface area contributed by atoms with Gasteiger partial charge in [0.05, 0.1) is 18.1 Å². The molecule has 2 N–H and O–H groups in total. The molecule has 38 heavy (non-hydrogen) atoms. The van der Waals surface area contributed by atoms with Gasteiger partial charge in [-0.2, -0.15) is 13.2 Å². The fourth-order valence-electron chi connectivity index (χ4n) is 5.45. The van der Waals surface area contributed by atoms with Crippen LogP contribution >= 0.6 is 0 Å². The van der Waals surface area contributed by atoms with E-state index in [9.17, 15) is 27.5 Å². The van der Waals surface area contributed by atoms with Crippen molar-refractivity contribution >= 4 is 22.6 Å². The molecule has 2 unspecified atom stereocenters. The first-order chi connectivity index (χ1) is 18.0. The van der Waals surface area contributed by atoms with E-state index >= 15 is 0 Å². The minimum absolute atomic E-state index is 0.134. The second kappa shape index (κ2) is 9.31. The zero-order valence-corrected chi connectivity index (χ0v) is 20.6. The summed E-state index contributed by atoms with van der Waals surface area (Å²) in [4.78, 5) is 18.8. The summed E-state index contributed by atoms with van der Waals surface area (Å²) in [5.74, 6) is -2.46. The van der Waals surface area contributed by atoms with E-state index < -0.39 is 29.2 Å². The number of carbonyl (C=O) groups is 1. The summed E-state index contributed by atoms with van der Waals surface area (Å²) in [7, 11) is 1.55. The Morgan fingerprint density at radius 2 is 1.92 bits per heavy atom. The summed E-state index contributed by atoms with van der Waals surface area (Å²) < 4.78 is 59.8. The lowest BCUT2D eigenvalue weighted by atomic mass is 9.75. The van der Waals surface area contributed by atoms with Crippen LogP contribution < -0.4 is 4.74 Å². The second-order valence-electron chi connectivity index (χ2n) is 9.52. The van der Waals surface area contributed by atoms with Crippen LogP contribution in [0.3, 0.4) is 0 Å². The Hall–Kier alpha value is -4.14. The number of aromatic amines is 1. The number of ether oxygens (including phenoxy) is 1. The third kappa shape index (κ3) is 4.31. The normalized spacial score (nSPS) is 19.5. The van der Waals surface area contributed by atoms with Crippen LogP contribution in [0.25, 0.3) is 16.6 Å². The van der Waals surface area contributed by atoms with Gasteiger partial charge in [-0.3, -0.25) is 4.79 Å². The lowest BCUT2D eigenvalue weighted by Gasteiger charge is -2.26. The number of aromatic nitrogens is 2. The molecule has 1 aromatic heterocycles. The summed E-state index contributed by atoms with van der Waals surface area (Å²) in [5, 5.41) is 10.5. The van der Waals surface area contributed by atoms with Crippen molar-refractivity contribution in [2.45, 2.75) is 31.4 Å². The van der Waals surface area contributed by atoms with Gasteiger partial charge in [0, 0.05) is 0 Å². The minimum Gasteiger partial charge on any atom is -0.496 e. The molecule has 0 saturated carbocycles. The van der Waals surface area contributed by atoms with Crippen LogP contribution in [0, 0.1) is 18.7 Å². The van der Waals surface area contributed by atoms with E-state index in [0.29, 0.717) is 28.9 Å². The second-order valence-corrected chi connectivity index (χ2v) is 9.52. The third-order valence-electron chi connectivity index (χ3n) is 7.28. The maximum Gasteiger partial charge on any atom is 0.449 e. The van der Waals surface area contributed by atoms with Crippen molar-refractivity contribution in [2.75, 3.05) is 7.11 Å². The molecule has 0 aliphatic heterocycles. The Kier molecular flexibility index (Phi) is 6.25. The molecule has 4 aromatic rings. The molecule has 9 heteroatoms. The molecule has 0 radical (unpaired) electrons. The quantitative estimate of drug-likeness (QED) is 0.275. The van der Waals surface area contributed by atoms with Crippen LogP contribution in [0.2, 0.25) is 0 Å². The molecule has 2 atom stereocenters. The Labute approximate surface area is 215 Å². The Morgan fingerprint density at radius 3 is 2.63 bits per heavy atom. The van der Waals surface area contributed by atoms with E-state index in [4.69, 9.17) is 4.74 Å². The maximum atomic E-state index is 14.6. The Balaban J connectivity index is 1.68. The average molecular weight is 525 g/mol. The first-order valence-corrected chi connectivity index (χ1v) is 11.9. The monoisotopic (exact) mass is 524 g/mol. The molecule has 196 valence electrons. The highest BCUT2D eigenvalue weighted by molar-refractivity contribution is 5.92. The van der Waals surface area contributed by atoms with Gasteiger partial charge < -0.3 is 14.8 Å². The van der Waals surface area contributed by atoms with Crippen molar-refractivity contribution < 1.29 is 32.2 Å². The number of carboxylic acid groups (broad SMARTS) is 1. The van der Waals surface area contributed by atoms with E-state index in [1.807, 2.05) is 24.3 Å². The molecule has 3 aromatic carbocycles. The smallest absolute Gasteiger partial charge is 0.449 e. The number of carboxylic acids is 1.